The van der Waals surface area contributed by atoms with Crippen molar-refractivity contribution in [3.63, 3.8) is 0 Å². The van der Waals surface area contributed by atoms with Crippen LogP contribution in [0.3, 0.4) is 0 Å². The van der Waals surface area contributed by atoms with Gasteiger partial charge in [-0.25, -0.2) is 0 Å². The molecule has 2 amide bonds. The molecular formula is C22H26Cl2N2O2. The van der Waals surface area contributed by atoms with Crippen LogP contribution in [0.5, 0.6) is 0 Å². The van der Waals surface area contributed by atoms with Gasteiger partial charge in [0, 0.05) is 25.4 Å². The molecule has 0 heterocycles. The summed E-state index contributed by atoms with van der Waals surface area (Å²) < 4.78 is 0. The highest BCUT2D eigenvalue weighted by atomic mass is 35.5. The van der Waals surface area contributed by atoms with Gasteiger partial charge in [-0.05, 0) is 37.1 Å². The van der Waals surface area contributed by atoms with E-state index in [1.165, 1.54) is 0 Å². The Balaban J connectivity index is 2.37. The molecule has 2 aromatic carbocycles. The summed E-state index contributed by atoms with van der Waals surface area (Å²) >= 11 is 12.1. The zero-order valence-corrected chi connectivity index (χ0v) is 17.9. The molecule has 0 aliphatic rings. The van der Waals surface area contributed by atoms with E-state index in [0.29, 0.717) is 22.9 Å². The first-order valence-electron chi connectivity index (χ1n) is 9.39. The van der Waals surface area contributed by atoms with Crippen LogP contribution in [0.1, 0.15) is 38.3 Å². The molecule has 1 atom stereocenters. The predicted octanol–water partition coefficient (Wildman–Crippen LogP) is 4.87. The number of carbonyl (C=O) groups is 2. The first-order valence-corrected chi connectivity index (χ1v) is 10.1. The van der Waals surface area contributed by atoms with E-state index >= 15 is 0 Å². The maximum absolute atomic E-state index is 13.0. The van der Waals surface area contributed by atoms with Gasteiger partial charge in [0.25, 0.3) is 0 Å². The van der Waals surface area contributed by atoms with Crippen LogP contribution < -0.4 is 5.32 Å². The third-order valence-electron chi connectivity index (χ3n) is 4.34. The lowest BCUT2D eigenvalue weighted by Crippen LogP contribution is -2.51. The number of hydrogen-bond acceptors (Lipinski definition) is 2. The minimum Gasteiger partial charge on any atom is -0.352 e. The Labute approximate surface area is 176 Å². The molecule has 2 rings (SSSR count). The van der Waals surface area contributed by atoms with Crippen molar-refractivity contribution in [2.75, 3.05) is 0 Å². The number of benzene rings is 2. The second-order valence-corrected chi connectivity index (χ2v) is 7.81. The SMILES string of the molecule is CCC(=O)N(Cc1ccc(Cl)c(Cl)c1)[C@@H](Cc1ccccc1)C(=O)NC(C)C. The molecule has 1 N–H and O–H groups in total. The molecule has 0 spiro atoms. The molecule has 0 bridgehead atoms. The fourth-order valence-electron chi connectivity index (χ4n) is 2.97. The fourth-order valence-corrected chi connectivity index (χ4v) is 3.29. The lowest BCUT2D eigenvalue weighted by molar-refractivity contribution is -0.141. The van der Waals surface area contributed by atoms with Gasteiger partial charge >= 0.3 is 0 Å². The van der Waals surface area contributed by atoms with Gasteiger partial charge < -0.3 is 10.2 Å². The van der Waals surface area contributed by atoms with Crippen molar-refractivity contribution in [3.05, 3.63) is 69.7 Å². The van der Waals surface area contributed by atoms with E-state index in [2.05, 4.69) is 5.32 Å². The number of hydrogen-bond donors (Lipinski definition) is 1. The topological polar surface area (TPSA) is 49.4 Å². The number of halogens is 2. The van der Waals surface area contributed by atoms with Crippen LogP contribution in [-0.4, -0.2) is 28.8 Å². The molecule has 0 unspecified atom stereocenters. The van der Waals surface area contributed by atoms with E-state index in [4.69, 9.17) is 23.2 Å². The largest absolute Gasteiger partial charge is 0.352 e. The maximum atomic E-state index is 13.0. The van der Waals surface area contributed by atoms with E-state index < -0.39 is 6.04 Å². The minimum atomic E-state index is -0.619. The fraction of sp³-hybridized carbons (Fsp3) is 0.364. The van der Waals surface area contributed by atoms with Crippen molar-refractivity contribution in [1.82, 2.24) is 10.2 Å². The lowest BCUT2D eigenvalue weighted by Gasteiger charge is -2.32. The third-order valence-corrected chi connectivity index (χ3v) is 5.08. The Morgan fingerprint density at radius 1 is 1.00 bits per heavy atom. The second-order valence-electron chi connectivity index (χ2n) is 6.99. The van der Waals surface area contributed by atoms with E-state index in [0.717, 1.165) is 11.1 Å². The molecule has 0 saturated carbocycles. The van der Waals surface area contributed by atoms with Crippen molar-refractivity contribution < 1.29 is 9.59 Å². The molecule has 150 valence electrons. The molecule has 6 heteroatoms. The summed E-state index contributed by atoms with van der Waals surface area (Å²) in [5.74, 6) is -0.258. The Kier molecular flexibility index (Phi) is 8.34. The van der Waals surface area contributed by atoms with Gasteiger partial charge in [0.2, 0.25) is 11.8 Å². The van der Waals surface area contributed by atoms with Crippen LogP contribution in [0.25, 0.3) is 0 Å². The van der Waals surface area contributed by atoms with E-state index in [1.54, 1.807) is 24.0 Å². The quantitative estimate of drug-likeness (QED) is 0.661. The Hall–Kier alpha value is -2.04. The van der Waals surface area contributed by atoms with Gasteiger partial charge in [-0.15, -0.1) is 0 Å². The number of nitrogens with zero attached hydrogens (tertiary/aromatic N) is 1. The van der Waals surface area contributed by atoms with Crippen LogP contribution in [0.15, 0.2) is 48.5 Å². The summed E-state index contributed by atoms with van der Waals surface area (Å²) in [5.41, 5.74) is 1.82. The summed E-state index contributed by atoms with van der Waals surface area (Å²) in [5, 5.41) is 3.83. The van der Waals surface area contributed by atoms with Crippen molar-refractivity contribution >= 4 is 35.0 Å². The molecule has 0 saturated heterocycles. The highest BCUT2D eigenvalue weighted by molar-refractivity contribution is 6.42. The number of amides is 2. The summed E-state index contributed by atoms with van der Waals surface area (Å²) in [4.78, 5) is 27.4. The molecule has 4 nitrogen and oxygen atoms in total. The smallest absolute Gasteiger partial charge is 0.243 e. The van der Waals surface area contributed by atoms with Crippen molar-refractivity contribution in [1.29, 1.82) is 0 Å². The van der Waals surface area contributed by atoms with E-state index in [9.17, 15) is 9.59 Å². The third kappa shape index (κ3) is 6.25. The Morgan fingerprint density at radius 2 is 1.68 bits per heavy atom. The van der Waals surface area contributed by atoms with Gasteiger partial charge in [-0.2, -0.15) is 0 Å². The predicted molar refractivity (Wildman–Crippen MR) is 115 cm³/mol. The van der Waals surface area contributed by atoms with Crippen molar-refractivity contribution in [2.45, 2.75) is 52.2 Å². The molecular weight excluding hydrogens is 395 g/mol. The Bertz CT molecular complexity index is 809. The Morgan fingerprint density at radius 3 is 2.25 bits per heavy atom. The zero-order chi connectivity index (χ0) is 20.7. The standard InChI is InChI=1S/C22H26Cl2N2O2/c1-4-21(27)26(14-17-10-11-18(23)19(24)12-17)20(22(28)25-15(2)3)13-16-8-6-5-7-9-16/h5-12,15,20H,4,13-14H2,1-3H3,(H,25,28)/t20-/m0/s1. The van der Waals surface area contributed by atoms with Gasteiger partial charge in [-0.1, -0.05) is 66.5 Å². The molecule has 28 heavy (non-hydrogen) atoms. The number of carbonyl (C=O) groups excluding carboxylic acids is 2. The molecule has 0 radical (unpaired) electrons. The zero-order valence-electron chi connectivity index (χ0n) is 16.4. The van der Waals surface area contributed by atoms with Gasteiger partial charge in [0.05, 0.1) is 10.0 Å². The van der Waals surface area contributed by atoms with Crippen LogP contribution in [0.2, 0.25) is 10.0 Å². The first kappa shape index (κ1) is 22.3. The van der Waals surface area contributed by atoms with Gasteiger partial charge in [-0.3, -0.25) is 9.59 Å². The average molecular weight is 421 g/mol. The van der Waals surface area contributed by atoms with E-state index in [1.807, 2.05) is 50.2 Å². The van der Waals surface area contributed by atoms with Crippen molar-refractivity contribution in [2.24, 2.45) is 0 Å². The molecule has 0 fully saturated rings. The van der Waals surface area contributed by atoms with E-state index in [-0.39, 0.29) is 24.4 Å². The van der Waals surface area contributed by atoms with Gasteiger partial charge in [0.1, 0.15) is 6.04 Å². The lowest BCUT2D eigenvalue weighted by atomic mass is 10.0. The summed E-state index contributed by atoms with van der Waals surface area (Å²) in [6.07, 6.45) is 0.744. The average Bonchev–Trinajstić information content (AvgIpc) is 2.67. The molecule has 0 aliphatic carbocycles. The van der Waals surface area contributed by atoms with Crippen LogP contribution in [0, 0.1) is 0 Å². The second kappa shape index (κ2) is 10.5. The maximum Gasteiger partial charge on any atom is 0.243 e. The highest BCUT2D eigenvalue weighted by Gasteiger charge is 2.30. The highest BCUT2D eigenvalue weighted by Crippen LogP contribution is 2.24. The molecule has 2 aromatic rings. The number of nitrogens with one attached hydrogen (secondary N) is 1. The number of rotatable bonds is 8. The van der Waals surface area contributed by atoms with Crippen LogP contribution in [-0.2, 0) is 22.6 Å². The molecule has 0 aliphatic heterocycles. The summed E-state index contributed by atoms with van der Waals surface area (Å²) in [6.45, 7) is 5.89. The van der Waals surface area contributed by atoms with Gasteiger partial charge in [0.15, 0.2) is 0 Å². The van der Waals surface area contributed by atoms with Crippen LogP contribution in [0.4, 0.5) is 0 Å². The monoisotopic (exact) mass is 420 g/mol. The minimum absolute atomic E-state index is 0.0191. The van der Waals surface area contributed by atoms with Crippen molar-refractivity contribution in [3.8, 4) is 0 Å². The normalized spacial score (nSPS) is 11.9. The molecule has 0 aromatic heterocycles. The summed E-state index contributed by atoms with van der Waals surface area (Å²) in [6, 6.07) is 14.3. The summed E-state index contributed by atoms with van der Waals surface area (Å²) in [7, 11) is 0. The van der Waals surface area contributed by atoms with Crippen LogP contribution >= 0.6 is 23.2 Å². The first-order chi connectivity index (χ1) is 13.3.